The van der Waals surface area contributed by atoms with Crippen molar-refractivity contribution >= 4 is 11.9 Å². The van der Waals surface area contributed by atoms with Gasteiger partial charge < -0.3 is 14.6 Å². The molecule has 0 spiro atoms. The Morgan fingerprint density at radius 1 is 0.431 bits per heavy atom. The highest BCUT2D eigenvalue weighted by Gasteiger charge is 2.16. The Bertz CT molecular complexity index is 816. The number of carbonyl (C=O) groups is 2. The minimum absolute atomic E-state index is 0.0845. The Morgan fingerprint density at radius 3 is 1.18 bits per heavy atom. The van der Waals surface area contributed by atoms with Crippen LogP contribution in [0.15, 0.2) is 36.5 Å². The quantitative estimate of drug-likeness (QED) is 0.0388. The van der Waals surface area contributed by atoms with Crippen LogP contribution in [0.1, 0.15) is 226 Å². The smallest absolute Gasteiger partial charge is 0.306 e. The zero-order chi connectivity index (χ0) is 37.1. The molecule has 0 aliphatic rings. The molecular weight excluding hydrogens is 633 g/mol. The summed E-state index contributed by atoms with van der Waals surface area (Å²) in [7, 11) is 0. The molecule has 5 nitrogen and oxygen atoms in total. The summed E-state index contributed by atoms with van der Waals surface area (Å²) in [6, 6.07) is 0. The molecule has 0 unspecified atom stereocenters. The number of unbranched alkanes of at least 4 members (excludes halogenated alkanes) is 26. The summed E-state index contributed by atoms with van der Waals surface area (Å²) >= 11 is 0. The van der Waals surface area contributed by atoms with E-state index in [0.29, 0.717) is 19.3 Å². The van der Waals surface area contributed by atoms with E-state index in [1.807, 2.05) is 0 Å². The van der Waals surface area contributed by atoms with Crippen molar-refractivity contribution in [2.45, 2.75) is 232 Å². The van der Waals surface area contributed by atoms with E-state index in [0.717, 1.165) is 44.9 Å². The van der Waals surface area contributed by atoms with Crippen molar-refractivity contribution < 1.29 is 24.2 Å². The summed E-state index contributed by atoms with van der Waals surface area (Å²) in [4.78, 5) is 24.3. The third-order valence-electron chi connectivity index (χ3n) is 9.63. The zero-order valence-electron chi connectivity index (χ0n) is 33.9. The van der Waals surface area contributed by atoms with Crippen molar-refractivity contribution in [3.8, 4) is 0 Å². The average Bonchev–Trinajstić information content (AvgIpc) is 3.13. The monoisotopic (exact) mass is 717 g/mol. The predicted molar refractivity (Wildman–Crippen MR) is 219 cm³/mol. The van der Waals surface area contributed by atoms with Crippen LogP contribution in [0.25, 0.3) is 0 Å². The maximum absolute atomic E-state index is 12.2. The second kappa shape index (κ2) is 42.5. The SMILES string of the molecule is CCCCCCC/C=C/CCCCCCCC(=O)OC[C@H](CO)OC(=O)CCC/C=C/CC/C=C/CCCCCCCCCCCCCCCC. The van der Waals surface area contributed by atoms with Gasteiger partial charge in [-0.1, -0.05) is 179 Å². The van der Waals surface area contributed by atoms with E-state index in [9.17, 15) is 14.7 Å². The first-order chi connectivity index (χ1) is 25.1. The van der Waals surface area contributed by atoms with Gasteiger partial charge in [-0.25, -0.2) is 0 Å². The molecular formula is C46H84O5. The molecule has 0 bridgehead atoms. The lowest BCUT2D eigenvalue weighted by Crippen LogP contribution is -2.28. The molecule has 1 N–H and O–H groups in total. The van der Waals surface area contributed by atoms with E-state index in [4.69, 9.17) is 9.47 Å². The lowest BCUT2D eigenvalue weighted by atomic mass is 10.0. The average molecular weight is 717 g/mol. The third-order valence-corrected chi connectivity index (χ3v) is 9.63. The van der Waals surface area contributed by atoms with Crippen molar-refractivity contribution in [2.75, 3.05) is 13.2 Å². The number of carbonyl (C=O) groups excluding carboxylic acids is 2. The molecule has 0 aliphatic heterocycles. The zero-order valence-corrected chi connectivity index (χ0v) is 33.9. The first-order valence-electron chi connectivity index (χ1n) is 22.0. The summed E-state index contributed by atoms with van der Waals surface area (Å²) in [6.45, 7) is 4.10. The highest BCUT2D eigenvalue weighted by molar-refractivity contribution is 5.70. The van der Waals surface area contributed by atoms with E-state index in [2.05, 4.69) is 50.3 Å². The van der Waals surface area contributed by atoms with Crippen LogP contribution in [0.2, 0.25) is 0 Å². The number of aliphatic hydroxyl groups excluding tert-OH is 1. The van der Waals surface area contributed by atoms with Gasteiger partial charge in [-0.2, -0.15) is 0 Å². The Morgan fingerprint density at radius 2 is 0.765 bits per heavy atom. The van der Waals surface area contributed by atoms with Gasteiger partial charge in [-0.05, 0) is 70.6 Å². The Kier molecular flexibility index (Phi) is 41.0. The summed E-state index contributed by atoms with van der Waals surface area (Å²) in [5, 5.41) is 9.56. The van der Waals surface area contributed by atoms with Gasteiger partial charge in [0.05, 0.1) is 6.61 Å². The van der Waals surface area contributed by atoms with Crippen molar-refractivity contribution in [1.29, 1.82) is 0 Å². The second-order valence-corrected chi connectivity index (χ2v) is 14.8. The van der Waals surface area contributed by atoms with Crippen molar-refractivity contribution in [3.05, 3.63) is 36.5 Å². The number of ether oxygens (including phenoxy) is 2. The number of aliphatic hydroxyl groups is 1. The fraction of sp³-hybridized carbons (Fsp3) is 0.826. The Balaban J connectivity index is 3.57. The van der Waals surface area contributed by atoms with Crippen molar-refractivity contribution in [3.63, 3.8) is 0 Å². The number of rotatable bonds is 40. The fourth-order valence-corrected chi connectivity index (χ4v) is 6.28. The van der Waals surface area contributed by atoms with Gasteiger partial charge in [-0.3, -0.25) is 9.59 Å². The molecule has 1 atom stereocenters. The molecule has 0 amide bonds. The van der Waals surface area contributed by atoms with Crippen LogP contribution in [0, 0.1) is 0 Å². The largest absolute Gasteiger partial charge is 0.462 e. The van der Waals surface area contributed by atoms with Crippen LogP contribution in [0.3, 0.4) is 0 Å². The molecule has 298 valence electrons. The second-order valence-electron chi connectivity index (χ2n) is 14.8. The van der Waals surface area contributed by atoms with E-state index in [1.165, 1.54) is 148 Å². The molecule has 0 heterocycles. The minimum atomic E-state index is -0.794. The topological polar surface area (TPSA) is 72.8 Å². The van der Waals surface area contributed by atoms with Gasteiger partial charge in [0.1, 0.15) is 6.61 Å². The molecule has 0 saturated carbocycles. The Hall–Kier alpha value is -1.88. The molecule has 0 rings (SSSR count). The van der Waals surface area contributed by atoms with Gasteiger partial charge in [0.15, 0.2) is 6.10 Å². The first-order valence-corrected chi connectivity index (χ1v) is 22.0. The molecule has 0 aromatic carbocycles. The molecule has 0 aromatic heterocycles. The van der Waals surface area contributed by atoms with E-state index in [1.54, 1.807) is 0 Å². The summed E-state index contributed by atoms with van der Waals surface area (Å²) in [6.07, 6.45) is 52.3. The van der Waals surface area contributed by atoms with Gasteiger partial charge in [-0.15, -0.1) is 0 Å². The summed E-state index contributed by atoms with van der Waals surface area (Å²) < 4.78 is 10.6. The van der Waals surface area contributed by atoms with E-state index in [-0.39, 0.29) is 25.2 Å². The summed E-state index contributed by atoms with van der Waals surface area (Å²) in [5.74, 6) is -0.645. The number of esters is 2. The highest BCUT2D eigenvalue weighted by atomic mass is 16.6. The van der Waals surface area contributed by atoms with Crippen LogP contribution in [0.5, 0.6) is 0 Å². The maximum atomic E-state index is 12.2. The lowest BCUT2D eigenvalue weighted by Gasteiger charge is -2.15. The maximum Gasteiger partial charge on any atom is 0.306 e. The van der Waals surface area contributed by atoms with E-state index < -0.39 is 6.10 Å². The first kappa shape index (κ1) is 49.1. The van der Waals surface area contributed by atoms with Crippen LogP contribution in [-0.4, -0.2) is 36.4 Å². The van der Waals surface area contributed by atoms with Crippen LogP contribution < -0.4 is 0 Å². The van der Waals surface area contributed by atoms with Gasteiger partial charge >= 0.3 is 11.9 Å². The number of allylic oxidation sites excluding steroid dienone is 6. The standard InChI is InChI=1S/C46H84O5/c1-3-5-7-9-11-13-15-17-19-20-21-22-23-24-25-26-27-29-31-33-35-37-39-41-46(49)51-44(42-47)43-50-45(48)40-38-36-34-32-30-28-18-16-14-12-10-8-6-4-2/h16,18,26-27,33,35,44,47H,3-15,17,19-25,28-32,34,36-43H2,1-2H3/b18-16+,27-26+,35-33+/t44-/m0/s1. The highest BCUT2D eigenvalue weighted by Crippen LogP contribution is 2.14. The minimum Gasteiger partial charge on any atom is -0.462 e. The van der Waals surface area contributed by atoms with Gasteiger partial charge in [0.2, 0.25) is 0 Å². The number of hydrogen-bond donors (Lipinski definition) is 1. The van der Waals surface area contributed by atoms with Gasteiger partial charge in [0.25, 0.3) is 0 Å². The van der Waals surface area contributed by atoms with Crippen LogP contribution in [-0.2, 0) is 19.1 Å². The fourth-order valence-electron chi connectivity index (χ4n) is 6.28. The molecule has 0 fully saturated rings. The molecule has 51 heavy (non-hydrogen) atoms. The molecule has 0 saturated heterocycles. The lowest BCUT2D eigenvalue weighted by molar-refractivity contribution is -0.161. The van der Waals surface area contributed by atoms with Crippen LogP contribution >= 0.6 is 0 Å². The van der Waals surface area contributed by atoms with Crippen molar-refractivity contribution in [1.82, 2.24) is 0 Å². The predicted octanol–water partition coefficient (Wildman–Crippen LogP) is 14.0. The van der Waals surface area contributed by atoms with Gasteiger partial charge in [0, 0.05) is 12.8 Å². The van der Waals surface area contributed by atoms with Crippen LogP contribution in [0.4, 0.5) is 0 Å². The molecule has 0 radical (unpaired) electrons. The number of hydrogen-bond acceptors (Lipinski definition) is 5. The molecule has 5 heteroatoms. The molecule has 0 aromatic rings. The molecule has 0 aliphatic carbocycles. The van der Waals surface area contributed by atoms with E-state index >= 15 is 0 Å². The normalized spacial score (nSPS) is 12.5. The van der Waals surface area contributed by atoms with Crippen molar-refractivity contribution in [2.24, 2.45) is 0 Å². The summed E-state index contributed by atoms with van der Waals surface area (Å²) in [5.41, 5.74) is 0. The third kappa shape index (κ3) is 40.7. The Labute approximate surface area is 316 Å².